The Balaban J connectivity index is 1.50. The van der Waals surface area contributed by atoms with Crippen molar-refractivity contribution in [3.63, 3.8) is 0 Å². The fourth-order valence-electron chi connectivity index (χ4n) is 3.80. The van der Waals surface area contributed by atoms with Gasteiger partial charge < -0.3 is 5.32 Å². The molecular weight excluding hydrogens is 330 g/mol. The number of nitrogens with zero attached hydrogens (tertiary/aromatic N) is 2. The molecule has 0 radical (unpaired) electrons. The smallest absolute Gasteiger partial charge is 0.274 e. The number of carbonyl (C=O) groups excluding carboxylic acids is 3. The Kier molecular flexibility index (Phi) is 4.24. The van der Waals surface area contributed by atoms with Crippen molar-refractivity contribution in [3.05, 3.63) is 54.4 Å². The lowest BCUT2D eigenvalue weighted by Crippen LogP contribution is -2.30. The zero-order valence-corrected chi connectivity index (χ0v) is 14.2. The maximum Gasteiger partial charge on any atom is 0.274 e. The number of aromatic nitrogens is 1. The third kappa shape index (κ3) is 2.87. The minimum atomic E-state index is -0.308. The molecule has 2 aliphatic rings. The van der Waals surface area contributed by atoms with Crippen molar-refractivity contribution < 1.29 is 14.4 Å². The van der Waals surface area contributed by atoms with E-state index in [1.807, 2.05) is 0 Å². The third-order valence-electron chi connectivity index (χ3n) is 5.12. The number of rotatable bonds is 3. The van der Waals surface area contributed by atoms with Gasteiger partial charge >= 0.3 is 0 Å². The highest BCUT2D eigenvalue weighted by Crippen LogP contribution is 2.40. The monoisotopic (exact) mass is 349 g/mol. The number of imide groups is 1. The predicted octanol–water partition coefficient (Wildman–Crippen LogP) is 3.01. The SMILES string of the molecule is O=C(Nc1ccc(N2C(=O)[C@H]3CCCC[C@@H]3C2=O)cc1)c1ccccn1. The molecule has 4 rings (SSSR count). The number of benzene rings is 1. The highest BCUT2D eigenvalue weighted by atomic mass is 16.2. The number of hydrogen-bond acceptors (Lipinski definition) is 4. The largest absolute Gasteiger partial charge is 0.321 e. The second-order valence-corrected chi connectivity index (χ2v) is 6.73. The number of pyridine rings is 1. The first-order valence-electron chi connectivity index (χ1n) is 8.85. The summed E-state index contributed by atoms with van der Waals surface area (Å²) in [7, 11) is 0. The Morgan fingerprint density at radius 2 is 1.62 bits per heavy atom. The van der Waals surface area contributed by atoms with E-state index in [1.54, 1.807) is 48.7 Å². The van der Waals surface area contributed by atoms with Gasteiger partial charge in [0.05, 0.1) is 17.5 Å². The molecule has 1 aliphatic heterocycles. The number of nitrogens with one attached hydrogen (secondary N) is 1. The number of carbonyl (C=O) groups is 3. The molecule has 1 aliphatic carbocycles. The van der Waals surface area contributed by atoms with Gasteiger partial charge in [0.25, 0.3) is 5.91 Å². The van der Waals surface area contributed by atoms with Crippen LogP contribution in [0, 0.1) is 11.8 Å². The molecule has 2 aromatic rings. The molecule has 3 amide bonds. The van der Waals surface area contributed by atoms with Crippen molar-refractivity contribution in [3.8, 4) is 0 Å². The van der Waals surface area contributed by atoms with Gasteiger partial charge in [0.2, 0.25) is 11.8 Å². The van der Waals surface area contributed by atoms with Gasteiger partial charge in [0.15, 0.2) is 0 Å². The van der Waals surface area contributed by atoms with Gasteiger partial charge in [-0.05, 0) is 49.2 Å². The molecule has 2 heterocycles. The summed E-state index contributed by atoms with van der Waals surface area (Å²) in [6.07, 6.45) is 5.16. The molecule has 2 fully saturated rings. The van der Waals surface area contributed by atoms with Crippen LogP contribution < -0.4 is 10.2 Å². The molecule has 1 saturated carbocycles. The molecule has 1 saturated heterocycles. The number of fused-ring (bicyclic) bond motifs is 1. The lowest BCUT2D eigenvalue weighted by Gasteiger charge is -2.19. The zero-order valence-electron chi connectivity index (χ0n) is 14.2. The Labute approximate surface area is 151 Å². The first-order chi connectivity index (χ1) is 12.6. The highest BCUT2D eigenvalue weighted by molar-refractivity contribution is 6.22. The number of amides is 3. The van der Waals surface area contributed by atoms with E-state index in [0.717, 1.165) is 25.7 Å². The number of hydrogen-bond donors (Lipinski definition) is 1. The van der Waals surface area contributed by atoms with E-state index in [1.165, 1.54) is 4.90 Å². The summed E-state index contributed by atoms with van der Waals surface area (Å²) < 4.78 is 0. The molecule has 1 aromatic carbocycles. The van der Waals surface area contributed by atoms with E-state index in [-0.39, 0.29) is 29.6 Å². The molecule has 1 N–H and O–H groups in total. The van der Waals surface area contributed by atoms with Gasteiger partial charge in [-0.15, -0.1) is 0 Å². The molecule has 1 aromatic heterocycles. The van der Waals surface area contributed by atoms with Crippen molar-refractivity contribution >= 4 is 29.1 Å². The first-order valence-corrected chi connectivity index (χ1v) is 8.85. The van der Waals surface area contributed by atoms with Gasteiger partial charge in [0, 0.05) is 11.9 Å². The van der Waals surface area contributed by atoms with Crippen LogP contribution in [0.1, 0.15) is 36.2 Å². The molecule has 132 valence electrons. The van der Waals surface area contributed by atoms with Gasteiger partial charge in [-0.3, -0.25) is 24.3 Å². The van der Waals surface area contributed by atoms with Crippen LogP contribution in [-0.4, -0.2) is 22.7 Å². The van der Waals surface area contributed by atoms with Crippen molar-refractivity contribution in [2.24, 2.45) is 11.8 Å². The van der Waals surface area contributed by atoms with E-state index in [0.29, 0.717) is 17.1 Å². The Bertz CT molecular complexity index is 824. The topological polar surface area (TPSA) is 79.4 Å². The normalized spacial score (nSPS) is 22.2. The van der Waals surface area contributed by atoms with Crippen LogP contribution >= 0.6 is 0 Å². The van der Waals surface area contributed by atoms with Crippen molar-refractivity contribution in [1.29, 1.82) is 0 Å². The summed E-state index contributed by atoms with van der Waals surface area (Å²) in [4.78, 5) is 42.7. The van der Waals surface area contributed by atoms with Crippen LogP contribution in [0.5, 0.6) is 0 Å². The van der Waals surface area contributed by atoms with Crippen molar-refractivity contribution in [2.75, 3.05) is 10.2 Å². The van der Waals surface area contributed by atoms with Gasteiger partial charge in [-0.2, -0.15) is 0 Å². The standard InChI is InChI=1S/C20H19N3O3/c24-18(17-7-3-4-12-21-17)22-13-8-10-14(11-9-13)23-19(25)15-5-1-2-6-16(15)20(23)26/h3-4,7-12,15-16H,1-2,5-6H2,(H,22,24)/t15-,16-/m0/s1. The maximum atomic E-state index is 12.6. The minimum absolute atomic E-state index is 0.0926. The molecule has 6 nitrogen and oxygen atoms in total. The van der Waals surface area contributed by atoms with Crippen LogP contribution in [0.4, 0.5) is 11.4 Å². The lowest BCUT2D eigenvalue weighted by atomic mass is 9.81. The van der Waals surface area contributed by atoms with E-state index < -0.39 is 0 Å². The fraction of sp³-hybridized carbons (Fsp3) is 0.300. The minimum Gasteiger partial charge on any atom is -0.321 e. The molecule has 2 atom stereocenters. The average Bonchev–Trinajstić information content (AvgIpc) is 2.94. The average molecular weight is 349 g/mol. The maximum absolute atomic E-state index is 12.6. The quantitative estimate of drug-likeness (QED) is 0.864. The Morgan fingerprint density at radius 1 is 0.962 bits per heavy atom. The second-order valence-electron chi connectivity index (χ2n) is 6.73. The van der Waals surface area contributed by atoms with Gasteiger partial charge in [0.1, 0.15) is 5.69 Å². The van der Waals surface area contributed by atoms with Crippen LogP contribution in [-0.2, 0) is 9.59 Å². The Hall–Kier alpha value is -3.02. The first kappa shape index (κ1) is 16.4. The highest BCUT2D eigenvalue weighted by Gasteiger charge is 2.48. The third-order valence-corrected chi connectivity index (χ3v) is 5.12. The summed E-state index contributed by atoms with van der Waals surface area (Å²) in [5.41, 5.74) is 1.47. The van der Waals surface area contributed by atoms with Crippen LogP contribution in [0.2, 0.25) is 0 Å². The van der Waals surface area contributed by atoms with Gasteiger partial charge in [-0.1, -0.05) is 18.9 Å². The van der Waals surface area contributed by atoms with Crippen LogP contribution in [0.3, 0.4) is 0 Å². The van der Waals surface area contributed by atoms with E-state index in [4.69, 9.17) is 0 Å². The summed E-state index contributed by atoms with van der Waals surface area (Å²) in [6.45, 7) is 0. The second kappa shape index (κ2) is 6.71. The van der Waals surface area contributed by atoms with Crippen LogP contribution in [0.25, 0.3) is 0 Å². The number of anilines is 2. The predicted molar refractivity (Wildman–Crippen MR) is 96.6 cm³/mol. The summed E-state index contributed by atoms with van der Waals surface area (Å²) in [5.74, 6) is -0.827. The van der Waals surface area contributed by atoms with E-state index in [9.17, 15) is 14.4 Å². The summed E-state index contributed by atoms with van der Waals surface area (Å²) in [6, 6.07) is 11.9. The van der Waals surface area contributed by atoms with E-state index >= 15 is 0 Å². The fourth-order valence-corrected chi connectivity index (χ4v) is 3.80. The molecule has 0 spiro atoms. The lowest BCUT2D eigenvalue weighted by molar-refractivity contribution is -0.122. The molecule has 0 unspecified atom stereocenters. The van der Waals surface area contributed by atoms with E-state index in [2.05, 4.69) is 10.3 Å². The molecule has 6 heteroatoms. The van der Waals surface area contributed by atoms with Crippen molar-refractivity contribution in [2.45, 2.75) is 25.7 Å². The van der Waals surface area contributed by atoms with Crippen LogP contribution in [0.15, 0.2) is 48.7 Å². The molecule has 0 bridgehead atoms. The van der Waals surface area contributed by atoms with Gasteiger partial charge in [-0.25, -0.2) is 0 Å². The Morgan fingerprint density at radius 3 is 2.19 bits per heavy atom. The summed E-state index contributed by atoms with van der Waals surface area (Å²) >= 11 is 0. The van der Waals surface area contributed by atoms with Crippen molar-refractivity contribution in [1.82, 2.24) is 4.98 Å². The summed E-state index contributed by atoms with van der Waals surface area (Å²) in [5, 5.41) is 2.76. The molecular formula is C20H19N3O3. The zero-order chi connectivity index (χ0) is 18.1. The molecule has 26 heavy (non-hydrogen) atoms.